The van der Waals surface area contributed by atoms with Crippen molar-refractivity contribution in [1.29, 1.82) is 0 Å². The SMILES string of the molecule is CCOP(=O)(OCC)OC(COc1ccc(CC2SC(=O)NC2=O)cc1)c1ccc(C(F)(F)F)cc1. The largest absolute Gasteiger partial charge is 0.491 e. The van der Waals surface area contributed by atoms with Crippen molar-refractivity contribution in [2.24, 2.45) is 0 Å². The maximum absolute atomic E-state index is 13.0. The van der Waals surface area contributed by atoms with Crippen LogP contribution in [0.3, 0.4) is 0 Å². The number of carbonyl (C=O) groups excluding carboxylic acids is 2. The number of thioether (sulfide) groups is 1. The lowest BCUT2D eigenvalue weighted by Gasteiger charge is -2.24. The maximum atomic E-state index is 13.0. The highest BCUT2D eigenvalue weighted by atomic mass is 32.2. The molecule has 1 N–H and O–H groups in total. The summed E-state index contributed by atoms with van der Waals surface area (Å²) in [5.74, 6) is 0.0661. The molecule has 3 rings (SSSR count). The third-order valence-corrected chi connectivity index (χ3v) is 7.60. The van der Waals surface area contributed by atoms with Crippen LogP contribution in [0, 0.1) is 0 Å². The molecular weight excluding hydrogens is 522 g/mol. The van der Waals surface area contributed by atoms with Crippen molar-refractivity contribution in [3.05, 3.63) is 65.2 Å². The lowest BCUT2D eigenvalue weighted by molar-refractivity contribution is -0.137. The Kier molecular flexibility index (Phi) is 9.59. The van der Waals surface area contributed by atoms with E-state index in [-0.39, 0.29) is 36.5 Å². The second-order valence-electron chi connectivity index (χ2n) is 7.54. The average Bonchev–Trinajstić information content (AvgIpc) is 3.13. The van der Waals surface area contributed by atoms with Gasteiger partial charge in [-0.25, -0.2) is 4.57 Å². The minimum Gasteiger partial charge on any atom is -0.491 e. The first kappa shape index (κ1) is 28.2. The van der Waals surface area contributed by atoms with Gasteiger partial charge in [-0.2, -0.15) is 13.2 Å². The predicted molar refractivity (Wildman–Crippen MR) is 127 cm³/mol. The molecule has 1 fully saturated rings. The van der Waals surface area contributed by atoms with Gasteiger partial charge in [-0.1, -0.05) is 36.0 Å². The van der Waals surface area contributed by atoms with Crippen molar-refractivity contribution in [1.82, 2.24) is 5.32 Å². The van der Waals surface area contributed by atoms with E-state index >= 15 is 0 Å². The van der Waals surface area contributed by atoms with Crippen LogP contribution in [-0.2, 0) is 35.5 Å². The van der Waals surface area contributed by atoms with E-state index in [1.54, 1.807) is 38.1 Å². The average molecular weight is 547 g/mol. The van der Waals surface area contributed by atoms with Gasteiger partial charge in [0, 0.05) is 0 Å². The lowest BCUT2D eigenvalue weighted by Crippen LogP contribution is -2.25. The van der Waals surface area contributed by atoms with E-state index in [1.165, 1.54) is 12.1 Å². The molecule has 13 heteroatoms. The molecule has 2 amide bonds. The molecule has 0 radical (unpaired) electrons. The van der Waals surface area contributed by atoms with Gasteiger partial charge in [0.2, 0.25) is 5.91 Å². The first-order chi connectivity index (χ1) is 17.0. The Morgan fingerprint density at radius 1 is 1.00 bits per heavy atom. The number of benzene rings is 2. The molecule has 2 atom stereocenters. The van der Waals surface area contributed by atoms with E-state index < -0.39 is 30.9 Å². The Morgan fingerprint density at radius 3 is 2.11 bits per heavy atom. The normalized spacial score (nSPS) is 17.2. The molecule has 8 nitrogen and oxygen atoms in total. The van der Waals surface area contributed by atoms with Crippen LogP contribution in [-0.4, -0.2) is 36.2 Å². The zero-order chi connectivity index (χ0) is 26.3. The summed E-state index contributed by atoms with van der Waals surface area (Å²) in [4.78, 5) is 23.1. The summed E-state index contributed by atoms with van der Waals surface area (Å²) < 4.78 is 73.6. The van der Waals surface area contributed by atoms with Gasteiger partial charge in [0.15, 0.2) is 0 Å². The smallest absolute Gasteiger partial charge is 0.475 e. The van der Waals surface area contributed by atoms with Gasteiger partial charge < -0.3 is 4.74 Å². The van der Waals surface area contributed by atoms with Crippen LogP contribution in [0.1, 0.15) is 36.6 Å². The molecule has 0 saturated carbocycles. The molecule has 2 aromatic carbocycles. The number of amides is 2. The molecule has 1 aliphatic heterocycles. The fourth-order valence-electron chi connectivity index (χ4n) is 3.28. The Labute approximate surface area is 210 Å². The van der Waals surface area contributed by atoms with Crippen molar-refractivity contribution < 1.29 is 45.6 Å². The van der Waals surface area contributed by atoms with Crippen molar-refractivity contribution >= 4 is 30.7 Å². The van der Waals surface area contributed by atoms with Crippen LogP contribution in [0.25, 0.3) is 0 Å². The Morgan fingerprint density at radius 2 is 1.61 bits per heavy atom. The summed E-state index contributed by atoms with van der Waals surface area (Å²) in [6.07, 6.45) is -5.23. The maximum Gasteiger partial charge on any atom is 0.475 e. The van der Waals surface area contributed by atoms with Crippen molar-refractivity contribution in [3.8, 4) is 5.75 Å². The number of rotatable bonds is 12. The van der Waals surface area contributed by atoms with Crippen LogP contribution in [0.5, 0.6) is 5.75 Å². The minimum absolute atomic E-state index is 0.0300. The van der Waals surface area contributed by atoms with Gasteiger partial charge in [-0.05, 0) is 55.7 Å². The van der Waals surface area contributed by atoms with E-state index in [2.05, 4.69) is 5.32 Å². The summed E-state index contributed by atoms with van der Waals surface area (Å²) in [5.41, 5.74) is 0.251. The minimum atomic E-state index is -4.51. The first-order valence-electron chi connectivity index (χ1n) is 11.0. The van der Waals surface area contributed by atoms with Crippen LogP contribution < -0.4 is 10.1 Å². The van der Waals surface area contributed by atoms with E-state index in [0.29, 0.717) is 12.2 Å². The lowest BCUT2D eigenvalue weighted by atomic mass is 10.1. The number of ether oxygens (including phenoxy) is 1. The van der Waals surface area contributed by atoms with E-state index in [4.69, 9.17) is 18.3 Å². The molecule has 0 aromatic heterocycles. The van der Waals surface area contributed by atoms with Gasteiger partial charge in [0.25, 0.3) is 5.24 Å². The number of imide groups is 1. The highest BCUT2D eigenvalue weighted by Crippen LogP contribution is 2.53. The summed E-state index contributed by atoms with van der Waals surface area (Å²) in [6.45, 7) is 3.06. The molecule has 0 spiro atoms. The van der Waals surface area contributed by atoms with Gasteiger partial charge in [-0.3, -0.25) is 28.5 Å². The third-order valence-electron chi connectivity index (χ3n) is 4.95. The number of hydrogen-bond donors (Lipinski definition) is 1. The first-order valence-corrected chi connectivity index (χ1v) is 13.3. The standard InChI is InChI=1S/C23H25F3NO7PS/c1-3-32-35(30,33-4-2)34-19(16-7-9-17(10-8-16)23(24,25)26)14-31-18-11-5-15(6-12-18)13-20-21(28)27-22(29)36-20/h5-12,19-20H,3-4,13-14H2,1-2H3,(H,27,28,29). The zero-order valence-electron chi connectivity index (χ0n) is 19.4. The van der Waals surface area contributed by atoms with E-state index in [0.717, 1.165) is 29.5 Å². The molecule has 1 saturated heterocycles. The van der Waals surface area contributed by atoms with Gasteiger partial charge in [-0.15, -0.1) is 0 Å². The van der Waals surface area contributed by atoms with Gasteiger partial charge in [0.1, 0.15) is 18.5 Å². The topological polar surface area (TPSA) is 100 Å². The molecule has 1 aliphatic rings. The van der Waals surface area contributed by atoms with Crippen molar-refractivity contribution in [3.63, 3.8) is 0 Å². The molecule has 196 valence electrons. The van der Waals surface area contributed by atoms with Crippen molar-refractivity contribution in [2.45, 2.75) is 37.8 Å². The van der Waals surface area contributed by atoms with Crippen molar-refractivity contribution in [2.75, 3.05) is 19.8 Å². The molecule has 36 heavy (non-hydrogen) atoms. The number of phosphoric acid groups is 1. The summed E-state index contributed by atoms with van der Waals surface area (Å²) in [5, 5.41) is 1.35. The highest BCUT2D eigenvalue weighted by Gasteiger charge is 2.34. The summed E-state index contributed by atoms with van der Waals surface area (Å²) in [6, 6.07) is 11.0. The predicted octanol–water partition coefficient (Wildman–Crippen LogP) is 5.92. The molecule has 2 unspecified atom stereocenters. The molecular formula is C23H25F3NO7PS. The van der Waals surface area contributed by atoms with Gasteiger partial charge in [0.05, 0.1) is 24.0 Å². The second-order valence-corrected chi connectivity index (χ2v) is 10.3. The van der Waals surface area contributed by atoms with E-state index in [1.807, 2.05) is 0 Å². The summed E-state index contributed by atoms with van der Waals surface area (Å²) in [7, 11) is -4.01. The van der Waals surface area contributed by atoms with Gasteiger partial charge >= 0.3 is 14.0 Å². The van der Waals surface area contributed by atoms with Crippen LogP contribution >= 0.6 is 19.6 Å². The monoisotopic (exact) mass is 547 g/mol. The van der Waals surface area contributed by atoms with Crippen LogP contribution in [0.4, 0.5) is 18.0 Å². The Hall–Kier alpha value is -2.37. The number of alkyl halides is 3. The Bertz CT molecular complexity index is 1090. The number of halogens is 3. The quantitative estimate of drug-likeness (QED) is 0.327. The summed E-state index contributed by atoms with van der Waals surface area (Å²) >= 11 is 0.932. The fourth-order valence-corrected chi connectivity index (χ4v) is 5.46. The molecule has 1 heterocycles. The number of nitrogens with one attached hydrogen (secondary N) is 1. The molecule has 0 bridgehead atoms. The Balaban J connectivity index is 1.73. The molecule has 2 aromatic rings. The van der Waals surface area contributed by atoms with E-state index in [9.17, 15) is 27.3 Å². The van der Waals surface area contributed by atoms with Crippen LogP contribution in [0.2, 0.25) is 0 Å². The second kappa shape index (κ2) is 12.2. The molecule has 0 aliphatic carbocycles. The fraction of sp³-hybridized carbons (Fsp3) is 0.391. The number of phosphoric ester groups is 1. The number of hydrogen-bond acceptors (Lipinski definition) is 8. The van der Waals surface area contributed by atoms with Crippen LogP contribution in [0.15, 0.2) is 48.5 Å². The zero-order valence-corrected chi connectivity index (χ0v) is 21.2. The third kappa shape index (κ3) is 7.81. The highest BCUT2D eigenvalue weighted by molar-refractivity contribution is 8.15. The number of carbonyl (C=O) groups is 2.